The van der Waals surface area contributed by atoms with Gasteiger partial charge in [-0.1, -0.05) is 19.9 Å². The first kappa shape index (κ1) is 25.3. The Hall–Kier alpha value is -3.32. The molecule has 7 heteroatoms. The summed E-state index contributed by atoms with van der Waals surface area (Å²) < 4.78 is 5.25. The van der Waals surface area contributed by atoms with Crippen molar-refractivity contribution in [3.63, 3.8) is 0 Å². The van der Waals surface area contributed by atoms with Gasteiger partial charge in [0, 0.05) is 37.1 Å². The number of phenols is 2. The number of methoxy groups -OCH3 is 1. The molecule has 5 rings (SSSR count). The van der Waals surface area contributed by atoms with E-state index >= 15 is 0 Å². The van der Waals surface area contributed by atoms with Crippen LogP contribution in [-0.2, 0) is 0 Å². The predicted molar refractivity (Wildman–Crippen MR) is 147 cm³/mol. The number of rotatable bonds is 7. The molecular formula is C30H37N3O4. The lowest BCUT2D eigenvalue weighted by molar-refractivity contribution is 0.0939. The summed E-state index contributed by atoms with van der Waals surface area (Å²) in [5.74, 6) is 0.338. The second-order valence-electron chi connectivity index (χ2n) is 10.8. The van der Waals surface area contributed by atoms with Gasteiger partial charge in [-0.3, -0.25) is 9.78 Å². The van der Waals surface area contributed by atoms with E-state index in [9.17, 15) is 15.0 Å². The lowest BCUT2D eigenvalue weighted by Gasteiger charge is -2.36. The third kappa shape index (κ3) is 5.10. The van der Waals surface area contributed by atoms with Gasteiger partial charge in [0.25, 0.3) is 0 Å². The molecule has 0 spiro atoms. The minimum absolute atomic E-state index is 0.0953. The van der Waals surface area contributed by atoms with Crippen molar-refractivity contribution < 1.29 is 19.7 Å². The van der Waals surface area contributed by atoms with Crippen LogP contribution in [0.25, 0.3) is 22.0 Å². The molecule has 3 heterocycles. The van der Waals surface area contributed by atoms with Crippen LogP contribution in [0.2, 0.25) is 0 Å². The molecule has 0 radical (unpaired) electrons. The van der Waals surface area contributed by atoms with Crippen molar-refractivity contribution in [2.24, 2.45) is 11.8 Å². The van der Waals surface area contributed by atoms with Gasteiger partial charge in [0.05, 0.1) is 23.9 Å². The zero-order valence-corrected chi connectivity index (χ0v) is 22.0. The van der Waals surface area contributed by atoms with E-state index in [1.807, 2.05) is 32.0 Å². The van der Waals surface area contributed by atoms with E-state index in [1.54, 1.807) is 12.3 Å². The molecule has 2 aliphatic heterocycles. The number of piperidine rings is 1. The minimum Gasteiger partial charge on any atom is -0.504 e. The fraction of sp³-hybridized carbons (Fsp3) is 0.467. The van der Waals surface area contributed by atoms with Crippen molar-refractivity contribution in [2.45, 2.75) is 39.5 Å². The molecule has 1 aromatic heterocycles. The summed E-state index contributed by atoms with van der Waals surface area (Å²) >= 11 is 0. The van der Waals surface area contributed by atoms with Gasteiger partial charge in [-0.15, -0.1) is 0 Å². The number of Topliss-reactive ketones (excluding diaryl/α,β-unsaturated/α-hetero) is 1. The van der Waals surface area contributed by atoms with Crippen LogP contribution in [0.4, 0.5) is 5.69 Å². The number of pyridine rings is 1. The maximum atomic E-state index is 13.3. The average Bonchev–Trinajstić information content (AvgIpc) is 3.42. The third-order valence-corrected chi connectivity index (χ3v) is 7.88. The minimum atomic E-state index is -0.281. The molecule has 7 nitrogen and oxygen atoms in total. The van der Waals surface area contributed by atoms with Gasteiger partial charge in [-0.25, -0.2) is 0 Å². The van der Waals surface area contributed by atoms with Crippen molar-refractivity contribution in [3.05, 3.63) is 42.1 Å². The number of carbonyl (C=O) groups is 1. The number of nitrogens with zero attached hydrogens (tertiary/aromatic N) is 3. The van der Waals surface area contributed by atoms with Gasteiger partial charge in [-0.05, 0) is 80.1 Å². The molecule has 37 heavy (non-hydrogen) atoms. The topological polar surface area (TPSA) is 86.1 Å². The highest BCUT2D eigenvalue weighted by atomic mass is 16.5. The monoisotopic (exact) mass is 503 g/mol. The molecule has 2 N–H and O–H groups in total. The number of anilines is 1. The Morgan fingerprint density at radius 3 is 2.46 bits per heavy atom. The van der Waals surface area contributed by atoms with Crippen molar-refractivity contribution in [3.8, 4) is 28.4 Å². The summed E-state index contributed by atoms with van der Waals surface area (Å²) in [6.07, 6.45) is 6.59. The van der Waals surface area contributed by atoms with Gasteiger partial charge in [0.15, 0.2) is 17.3 Å². The predicted octanol–water partition coefficient (Wildman–Crippen LogP) is 5.47. The first-order valence-corrected chi connectivity index (χ1v) is 13.4. The molecular weight excluding hydrogens is 466 g/mol. The van der Waals surface area contributed by atoms with Crippen LogP contribution < -0.4 is 9.64 Å². The number of ketones is 1. The molecule has 0 amide bonds. The summed E-state index contributed by atoms with van der Waals surface area (Å²) in [6, 6.07) is 9.16. The molecule has 196 valence electrons. The summed E-state index contributed by atoms with van der Waals surface area (Å²) in [5.41, 5.74) is 4.02. The Kier molecular flexibility index (Phi) is 7.24. The van der Waals surface area contributed by atoms with Crippen LogP contribution in [-0.4, -0.2) is 65.7 Å². The van der Waals surface area contributed by atoms with Crippen LogP contribution in [0.5, 0.6) is 17.2 Å². The normalized spacial score (nSPS) is 17.1. The Morgan fingerprint density at radius 1 is 1.05 bits per heavy atom. The lowest BCUT2D eigenvalue weighted by Crippen LogP contribution is -2.39. The summed E-state index contributed by atoms with van der Waals surface area (Å²) in [5, 5.41) is 21.3. The van der Waals surface area contributed by atoms with E-state index < -0.39 is 0 Å². The molecule has 2 saturated heterocycles. The van der Waals surface area contributed by atoms with E-state index in [0.717, 1.165) is 48.1 Å². The number of hydrogen-bond donors (Lipinski definition) is 2. The number of phenolic OH excluding ortho intramolecular Hbond substituents is 2. The molecule has 0 atom stereocenters. The Labute approximate surface area is 218 Å². The first-order chi connectivity index (χ1) is 17.9. The number of aromatic hydroxyl groups is 2. The van der Waals surface area contributed by atoms with E-state index in [2.05, 4.69) is 14.8 Å². The number of fused-ring (bicyclic) bond motifs is 1. The zero-order valence-electron chi connectivity index (χ0n) is 22.0. The number of hydrogen-bond acceptors (Lipinski definition) is 7. The fourth-order valence-electron chi connectivity index (χ4n) is 5.78. The molecule has 3 aromatic rings. The van der Waals surface area contributed by atoms with E-state index in [1.165, 1.54) is 45.7 Å². The van der Waals surface area contributed by atoms with E-state index in [0.29, 0.717) is 17.0 Å². The van der Waals surface area contributed by atoms with Gasteiger partial charge in [0.1, 0.15) is 0 Å². The molecule has 0 saturated carbocycles. The third-order valence-electron chi connectivity index (χ3n) is 7.88. The maximum absolute atomic E-state index is 13.3. The number of benzene rings is 2. The highest BCUT2D eigenvalue weighted by Crippen LogP contribution is 2.41. The zero-order chi connectivity index (χ0) is 26.1. The number of ether oxygens (including phenoxy) is 1. The second-order valence-corrected chi connectivity index (χ2v) is 10.8. The van der Waals surface area contributed by atoms with E-state index in [4.69, 9.17) is 4.74 Å². The van der Waals surface area contributed by atoms with Gasteiger partial charge in [-0.2, -0.15) is 0 Å². The molecule has 2 aromatic carbocycles. The number of carbonyl (C=O) groups excluding carboxylic acids is 1. The molecule has 2 aliphatic rings. The van der Waals surface area contributed by atoms with Crippen LogP contribution in [0, 0.1) is 11.8 Å². The fourth-order valence-corrected chi connectivity index (χ4v) is 5.78. The summed E-state index contributed by atoms with van der Waals surface area (Å²) in [4.78, 5) is 22.9. The molecule has 0 aliphatic carbocycles. The maximum Gasteiger partial charge on any atom is 0.200 e. The first-order valence-electron chi connectivity index (χ1n) is 13.4. The van der Waals surface area contributed by atoms with Crippen LogP contribution in [0.15, 0.2) is 36.5 Å². The number of likely N-dealkylation sites (tertiary alicyclic amines) is 1. The SMILES string of the molecule is COc1cc(-c2ccc3ncc(C(=O)C(C)C)c(N4CCC(CN5CCCC5)CC4)c3c2)cc(O)c1O. The quantitative estimate of drug-likeness (QED) is 0.326. The van der Waals surface area contributed by atoms with E-state index in [-0.39, 0.29) is 28.9 Å². The number of aromatic nitrogens is 1. The Morgan fingerprint density at radius 2 is 1.78 bits per heavy atom. The molecule has 2 fully saturated rings. The lowest BCUT2D eigenvalue weighted by atomic mass is 9.92. The second kappa shape index (κ2) is 10.6. The summed E-state index contributed by atoms with van der Waals surface area (Å²) in [6.45, 7) is 9.31. The smallest absolute Gasteiger partial charge is 0.200 e. The van der Waals surface area contributed by atoms with Gasteiger partial charge >= 0.3 is 0 Å². The molecule has 0 unspecified atom stereocenters. The highest BCUT2D eigenvalue weighted by molar-refractivity contribution is 6.09. The largest absolute Gasteiger partial charge is 0.504 e. The average molecular weight is 504 g/mol. The van der Waals surface area contributed by atoms with Crippen LogP contribution >= 0.6 is 0 Å². The van der Waals surface area contributed by atoms with Crippen LogP contribution in [0.3, 0.4) is 0 Å². The van der Waals surface area contributed by atoms with Crippen molar-refractivity contribution >= 4 is 22.4 Å². The van der Waals surface area contributed by atoms with Crippen LogP contribution in [0.1, 0.15) is 49.9 Å². The van der Waals surface area contributed by atoms with Gasteiger partial charge in [0.2, 0.25) is 5.75 Å². The highest BCUT2D eigenvalue weighted by Gasteiger charge is 2.28. The Balaban J connectivity index is 1.54. The van der Waals surface area contributed by atoms with Crippen molar-refractivity contribution in [1.82, 2.24) is 9.88 Å². The summed E-state index contributed by atoms with van der Waals surface area (Å²) in [7, 11) is 1.46. The van der Waals surface area contributed by atoms with Gasteiger partial charge < -0.3 is 24.7 Å². The van der Waals surface area contributed by atoms with Crippen molar-refractivity contribution in [1.29, 1.82) is 0 Å². The molecule has 0 bridgehead atoms. The Bertz CT molecular complexity index is 1290. The van der Waals surface area contributed by atoms with Crippen molar-refractivity contribution in [2.75, 3.05) is 44.7 Å². The standard InChI is InChI=1S/C30H37N3O4/c1-19(2)29(35)24-17-31-25-7-6-21(22-15-26(34)30(36)27(16-22)37-3)14-23(25)28(24)33-12-8-20(9-13-33)18-32-10-4-5-11-32/h6-7,14-17,19-20,34,36H,4-5,8-13,18H2,1-3H3.